The van der Waals surface area contributed by atoms with Crippen LogP contribution in [0.25, 0.3) is 11.5 Å². The molecule has 38 heavy (non-hydrogen) atoms. The normalized spacial score (nSPS) is 14.5. The van der Waals surface area contributed by atoms with E-state index in [-0.39, 0.29) is 12.1 Å². The smallest absolute Gasteiger partial charge is 0.308 e. The van der Waals surface area contributed by atoms with Gasteiger partial charge in [-0.15, -0.1) is 0 Å². The van der Waals surface area contributed by atoms with E-state index >= 15 is 0 Å². The number of rotatable bonds is 3. The zero-order chi connectivity index (χ0) is 26.4. The van der Waals surface area contributed by atoms with Crippen molar-refractivity contribution in [3.63, 3.8) is 0 Å². The van der Waals surface area contributed by atoms with Gasteiger partial charge in [-0.1, -0.05) is 48.0 Å². The molecule has 0 aliphatic carbocycles. The van der Waals surface area contributed by atoms with Gasteiger partial charge in [0.25, 0.3) is 0 Å². The van der Waals surface area contributed by atoms with E-state index in [1.807, 2.05) is 109 Å². The van der Waals surface area contributed by atoms with Gasteiger partial charge in [-0.3, -0.25) is 0 Å². The number of benzene rings is 3. The van der Waals surface area contributed by atoms with Crippen LogP contribution in [0.5, 0.6) is 0 Å². The third kappa shape index (κ3) is 4.27. The summed E-state index contributed by atoms with van der Waals surface area (Å²) in [5, 5.41) is 8.70. The van der Waals surface area contributed by atoms with Gasteiger partial charge in [-0.05, 0) is 86.0 Å². The van der Waals surface area contributed by atoms with Crippen molar-refractivity contribution in [2.75, 3.05) is 5.32 Å². The first-order valence-corrected chi connectivity index (χ1v) is 13.0. The molecule has 3 heterocycles. The molecule has 6 rings (SSSR count). The van der Waals surface area contributed by atoms with E-state index in [1.54, 1.807) is 0 Å². The van der Waals surface area contributed by atoms with Gasteiger partial charge >= 0.3 is 6.03 Å². The quantitative estimate of drug-likeness (QED) is 0.269. The predicted molar refractivity (Wildman–Crippen MR) is 151 cm³/mol. The van der Waals surface area contributed by atoms with Crippen molar-refractivity contribution in [3.05, 3.63) is 130 Å². The number of nitrogens with one attached hydrogen (secondary N) is 1. The average molecular weight is 522 g/mol. The molecule has 190 valence electrons. The lowest BCUT2D eigenvalue weighted by molar-refractivity contribution is 0.194. The van der Waals surface area contributed by atoms with Crippen molar-refractivity contribution in [2.24, 2.45) is 0 Å². The highest BCUT2D eigenvalue weighted by molar-refractivity contribution is 6.30. The van der Waals surface area contributed by atoms with Gasteiger partial charge in [0.1, 0.15) is 5.82 Å². The Kier molecular flexibility index (Phi) is 6.04. The molecule has 1 aliphatic heterocycles. The summed E-state index contributed by atoms with van der Waals surface area (Å²) in [5.41, 5.74) is 7.69. The molecule has 3 aromatic carbocycles. The lowest BCUT2D eigenvalue weighted by Crippen LogP contribution is -2.38. The van der Waals surface area contributed by atoms with E-state index in [9.17, 15) is 4.79 Å². The summed E-state index contributed by atoms with van der Waals surface area (Å²) in [6.07, 6.45) is 2.04. The lowest BCUT2D eigenvalue weighted by Gasteiger charge is -2.31. The number of aryl methyl sites for hydroxylation is 3. The molecule has 7 heteroatoms. The Balaban J connectivity index is 1.54. The molecule has 0 radical (unpaired) electrons. The van der Waals surface area contributed by atoms with Gasteiger partial charge in [0.05, 0.1) is 29.7 Å². The second-order valence-electron chi connectivity index (χ2n) is 9.83. The number of fused-ring (bicyclic) bond motifs is 3. The highest BCUT2D eigenvalue weighted by Crippen LogP contribution is 2.39. The SMILES string of the molecule is Cc1cc(C)cc(NC(=O)N2Cc3c(C)nn(-c4ccccc4)c3-n3cccc3[C@@H]2c2cccc(Cl)c2)c1. The Hall–Kier alpha value is -4.29. The molecule has 0 spiro atoms. The van der Waals surface area contributed by atoms with E-state index in [4.69, 9.17) is 16.7 Å². The van der Waals surface area contributed by atoms with Crippen LogP contribution in [0.4, 0.5) is 10.5 Å². The molecular weight excluding hydrogens is 494 g/mol. The van der Waals surface area contributed by atoms with Gasteiger partial charge in [-0.2, -0.15) is 5.10 Å². The van der Waals surface area contributed by atoms with Crippen LogP contribution in [0.2, 0.25) is 5.02 Å². The highest BCUT2D eigenvalue weighted by Gasteiger charge is 2.36. The van der Waals surface area contributed by atoms with Gasteiger partial charge in [0, 0.05) is 22.5 Å². The van der Waals surface area contributed by atoms with Crippen LogP contribution in [0.15, 0.2) is 91.1 Å². The minimum Gasteiger partial charge on any atom is -0.308 e. The van der Waals surface area contributed by atoms with Crippen LogP contribution in [-0.2, 0) is 6.54 Å². The van der Waals surface area contributed by atoms with E-state index in [2.05, 4.69) is 22.0 Å². The molecule has 5 aromatic rings. The Morgan fingerprint density at radius 1 is 0.921 bits per heavy atom. The molecule has 0 fully saturated rings. The van der Waals surface area contributed by atoms with E-state index in [1.165, 1.54) is 0 Å². The van der Waals surface area contributed by atoms with Gasteiger partial charge in [-0.25, -0.2) is 9.48 Å². The zero-order valence-corrected chi connectivity index (χ0v) is 22.3. The minimum absolute atomic E-state index is 0.188. The van der Waals surface area contributed by atoms with E-state index in [0.29, 0.717) is 11.6 Å². The summed E-state index contributed by atoms with van der Waals surface area (Å²) in [7, 11) is 0. The van der Waals surface area contributed by atoms with Gasteiger partial charge < -0.3 is 14.8 Å². The summed E-state index contributed by atoms with van der Waals surface area (Å²) >= 11 is 6.46. The molecular formula is C31H28ClN5O. The topological polar surface area (TPSA) is 55.1 Å². The predicted octanol–water partition coefficient (Wildman–Crippen LogP) is 7.38. The zero-order valence-electron chi connectivity index (χ0n) is 21.5. The van der Waals surface area contributed by atoms with Crippen molar-refractivity contribution in [1.29, 1.82) is 0 Å². The molecule has 1 atom stereocenters. The molecule has 2 amide bonds. The number of hydrogen-bond donors (Lipinski definition) is 1. The minimum atomic E-state index is -0.370. The van der Waals surface area contributed by atoms with Crippen molar-refractivity contribution in [2.45, 2.75) is 33.4 Å². The Bertz CT molecular complexity index is 1630. The summed E-state index contributed by atoms with van der Waals surface area (Å²) in [5.74, 6) is 0.933. The fraction of sp³-hybridized carbons (Fsp3) is 0.161. The number of halogens is 1. The second-order valence-corrected chi connectivity index (χ2v) is 10.3. The van der Waals surface area contributed by atoms with Crippen LogP contribution in [0.3, 0.4) is 0 Å². The maximum atomic E-state index is 14.1. The van der Waals surface area contributed by atoms with Crippen molar-refractivity contribution < 1.29 is 4.79 Å². The maximum absolute atomic E-state index is 14.1. The maximum Gasteiger partial charge on any atom is 0.322 e. The fourth-order valence-corrected chi connectivity index (χ4v) is 5.62. The molecule has 0 saturated carbocycles. The summed E-state index contributed by atoms with van der Waals surface area (Å²) in [6.45, 7) is 6.44. The summed E-state index contributed by atoms with van der Waals surface area (Å²) < 4.78 is 4.12. The molecule has 6 nitrogen and oxygen atoms in total. The van der Waals surface area contributed by atoms with Crippen molar-refractivity contribution in [1.82, 2.24) is 19.2 Å². The highest BCUT2D eigenvalue weighted by atomic mass is 35.5. The van der Waals surface area contributed by atoms with Gasteiger partial charge in [0.2, 0.25) is 0 Å². The number of hydrogen-bond acceptors (Lipinski definition) is 2. The third-order valence-corrected chi connectivity index (χ3v) is 7.22. The van der Waals surface area contributed by atoms with E-state index in [0.717, 1.165) is 50.8 Å². The number of para-hydroxylation sites is 1. The second kappa shape index (κ2) is 9.54. The van der Waals surface area contributed by atoms with Crippen LogP contribution in [0, 0.1) is 20.8 Å². The number of urea groups is 1. The van der Waals surface area contributed by atoms with Crippen LogP contribution in [0.1, 0.15) is 39.7 Å². The number of amides is 2. The Morgan fingerprint density at radius 3 is 2.42 bits per heavy atom. The third-order valence-electron chi connectivity index (χ3n) is 6.99. The number of anilines is 1. The molecule has 1 aliphatic rings. The van der Waals surface area contributed by atoms with Crippen molar-refractivity contribution in [3.8, 4) is 11.5 Å². The molecule has 1 N–H and O–H groups in total. The number of carbonyl (C=O) groups excluding carboxylic acids is 1. The number of aromatic nitrogens is 3. The Morgan fingerprint density at radius 2 is 1.68 bits per heavy atom. The molecule has 0 bridgehead atoms. The van der Waals surface area contributed by atoms with Crippen LogP contribution < -0.4 is 5.32 Å². The first kappa shape index (κ1) is 24.1. The monoisotopic (exact) mass is 521 g/mol. The standard InChI is InChI=1S/C31H28ClN5O/c1-20-15-21(2)17-25(16-20)33-31(38)36-19-27-22(3)34-37(26-11-5-4-6-12-26)30(27)35-14-8-13-28(35)29(36)23-9-7-10-24(32)18-23/h4-18,29H,19H2,1-3H3,(H,33,38)/t29-/m0/s1. The average Bonchev–Trinajstić information content (AvgIpc) is 3.44. The van der Waals surface area contributed by atoms with Gasteiger partial charge in [0.15, 0.2) is 0 Å². The first-order valence-electron chi connectivity index (χ1n) is 12.6. The van der Waals surface area contributed by atoms with Crippen molar-refractivity contribution >= 4 is 23.3 Å². The molecule has 2 aromatic heterocycles. The van der Waals surface area contributed by atoms with Crippen LogP contribution >= 0.6 is 11.6 Å². The fourth-order valence-electron chi connectivity index (χ4n) is 5.42. The Labute approximate surface area is 227 Å². The lowest BCUT2D eigenvalue weighted by atomic mass is 10.0. The molecule has 0 saturated heterocycles. The summed E-state index contributed by atoms with van der Waals surface area (Å²) in [4.78, 5) is 16.0. The van der Waals surface area contributed by atoms with Crippen LogP contribution in [-0.4, -0.2) is 25.3 Å². The van der Waals surface area contributed by atoms with E-state index < -0.39 is 0 Å². The number of carbonyl (C=O) groups is 1. The molecule has 0 unspecified atom stereocenters. The number of nitrogens with zero attached hydrogens (tertiary/aromatic N) is 4. The summed E-state index contributed by atoms with van der Waals surface area (Å²) in [6, 6.07) is 27.4. The first-order chi connectivity index (χ1) is 18.4. The largest absolute Gasteiger partial charge is 0.322 e.